The van der Waals surface area contributed by atoms with Crippen LogP contribution in [0.1, 0.15) is 28.5 Å². The number of carboxylic acid groups (broad SMARTS) is 3. The number of rotatable bonds is 9. The molecule has 0 saturated carbocycles. The summed E-state index contributed by atoms with van der Waals surface area (Å²) in [5, 5.41) is 27.0. The summed E-state index contributed by atoms with van der Waals surface area (Å²) in [6.07, 6.45) is 0.385. The van der Waals surface area contributed by atoms with Gasteiger partial charge >= 0.3 is 17.9 Å². The van der Waals surface area contributed by atoms with Crippen LogP contribution in [0.5, 0.6) is 0 Å². The van der Waals surface area contributed by atoms with Gasteiger partial charge in [-0.3, -0.25) is 19.2 Å². The molecule has 200 valence electrons. The van der Waals surface area contributed by atoms with Gasteiger partial charge in [-0.2, -0.15) is 0 Å². The van der Waals surface area contributed by atoms with Crippen LogP contribution >= 0.6 is 0 Å². The number of aliphatic carboxylic acids is 3. The van der Waals surface area contributed by atoms with Crippen molar-refractivity contribution in [3.05, 3.63) is 107 Å². The third-order valence-corrected chi connectivity index (χ3v) is 5.26. The second-order valence-corrected chi connectivity index (χ2v) is 7.85. The number of carbonyl (C=O) groups is 4. The number of halogens is 4. The maximum absolute atomic E-state index is 13.9. The van der Waals surface area contributed by atoms with Crippen LogP contribution < -0.4 is 5.73 Å². The van der Waals surface area contributed by atoms with Gasteiger partial charge in [0.25, 0.3) is 0 Å². The van der Waals surface area contributed by atoms with Gasteiger partial charge in [-0.15, -0.1) is 0 Å². The highest BCUT2D eigenvalue weighted by Crippen LogP contribution is 2.32. The molecule has 0 bridgehead atoms. The number of carboxylic acids is 3. The molecule has 0 spiro atoms. The van der Waals surface area contributed by atoms with E-state index in [9.17, 15) is 47.0 Å². The van der Waals surface area contributed by atoms with Gasteiger partial charge < -0.3 is 21.1 Å². The summed E-state index contributed by atoms with van der Waals surface area (Å²) in [7, 11) is 0. The molecule has 0 aromatic heterocycles. The lowest BCUT2D eigenvalue weighted by molar-refractivity contribution is -0.147. The SMILES string of the molecule is N[C@@H](Cc1ccccc1)C(=O)O.O=C(O)C(C(=O)C(C(=O)O)c1c(F)cccc1F)c1c(F)cccc1F. The van der Waals surface area contributed by atoms with Crippen molar-refractivity contribution in [2.45, 2.75) is 24.3 Å². The van der Waals surface area contributed by atoms with Crippen molar-refractivity contribution in [1.82, 2.24) is 0 Å². The Morgan fingerprint density at radius 3 is 1.29 bits per heavy atom. The number of ketones is 1. The highest BCUT2D eigenvalue weighted by molar-refractivity contribution is 6.14. The smallest absolute Gasteiger partial charge is 0.320 e. The number of hydrogen-bond acceptors (Lipinski definition) is 5. The third-order valence-electron chi connectivity index (χ3n) is 5.26. The van der Waals surface area contributed by atoms with Crippen LogP contribution in [0.3, 0.4) is 0 Å². The second-order valence-electron chi connectivity index (χ2n) is 7.85. The Kier molecular flexibility index (Phi) is 10.2. The Morgan fingerprint density at radius 1 is 0.605 bits per heavy atom. The zero-order valence-corrected chi connectivity index (χ0v) is 19.4. The average molecular weight is 535 g/mol. The molecule has 3 aromatic rings. The first kappa shape index (κ1) is 29.6. The average Bonchev–Trinajstić information content (AvgIpc) is 2.84. The van der Waals surface area contributed by atoms with Crippen LogP contribution in [0.25, 0.3) is 0 Å². The summed E-state index contributed by atoms with van der Waals surface area (Å²) in [5.74, 6) is -17.8. The summed E-state index contributed by atoms with van der Waals surface area (Å²) in [6, 6.07) is 13.0. The van der Waals surface area contributed by atoms with E-state index in [-0.39, 0.29) is 0 Å². The van der Waals surface area contributed by atoms with Crippen molar-refractivity contribution in [2.24, 2.45) is 5.73 Å². The highest BCUT2D eigenvalue weighted by Gasteiger charge is 2.43. The summed E-state index contributed by atoms with van der Waals surface area (Å²) < 4.78 is 55.6. The fourth-order valence-electron chi connectivity index (χ4n) is 3.47. The standard InChI is InChI=1S/C17H10F4O5.C9H11NO2/c18-7-3-1-4-8(19)11(7)13(16(23)24)15(22)14(17(25)26)12-9(20)5-2-6-10(12)21;10-8(9(11)12)6-7-4-2-1-3-5-7/h1-6,13-14H,(H,23,24)(H,25,26);1-5,8H,6,10H2,(H,11,12)/t;8-/m.0/s1. The van der Waals surface area contributed by atoms with E-state index >= 15 is 0 Å². The molecule has 0 heterocycles. The van der Waals surface area contributed by atoms with Crippen LogP contribution in [0.15, 0.2) is 66.7 Å². The molecule has 5 N–H and O–H groups in total. The van der Waals surface area contributed by atoms with E-state index in [0.29, 0.717) is 30.7 Å². The monoisotopic (exact) mass is 535 g/mol. The van der Waals surface area contributed by atoms with E-state index in [1.807, 2.05) is 30.3 Å². The van der Waals surface area contributed by atoms with E-state index in [1.54, 1.807) is 0 Å². The second kappa shape index (κ2) is 13.1. The van der Waals surface area contributed by atoms with Gasteiger partial charge in [0, 0.05) is 11.1 Å². The van der Waals surface area contributed by atoms with Crippen molar-refractivity contribution in [1.29, 1.82) is 0 Å². The van der Waals surface area contributed by atoms with E-state index in [2.05, 4.69) is 0 Å². The van der Waals surface area contributed by atoms with Gasteiger partial charge in [0.15, 0.2) is 5.78 Å². The lowest BCUT2D eigenvalue weighted by Gasteiger charge is -2.19. The molecule has 0 fully saturated rings. The first-order valence-corrected chi connectivity index (χ1v) is 10.8. The van der Waals surface area contributed by atoms with Crippen molar-refractivity contribution in [3.8, 4) is 0 Å². The maximum Gasteiger partial charge on any atom is 0.320 e. The lowest BCUT2D eigenvalue weighted by Crippen LogP contribution is -2.33. The molecular weight excluding hydrogens is 514 g/mol. The number of Topliss-reactive ketones (excluding diaryl/α,β-unsaturated/α-hetero) is 1. The molecule has 2 unspecified atom stereocenters. The quantitative estimate of drug-likeness (QED) is 0.240. The molecule has 0 aliphatic heterocycles. The first-order chi connectivity index (χ1) is 17.9. The molecule has 12 heteroatoms. The molecule has 0 aliphatic carbocycles. The first-order valence-electron chi connectivity index (χ1n) is 10.8. The molecule has 3 rings (SSSR count). The predicted molar refractivity (Wildman–Crippen MR) is 124 cm³/mol. The minimum Gasteiger partial charge on any atom is -0.480 e. The predicted octanol–water partition coefficient (Wildman–Crippen LogP) is 3.49. The van der Waals surface area contributed by atoms with Crippen LogP contribution in [-0.4, -0.2) is 45.1 Å². The van der Waals surface area contributed by atoms with Crippen LogP contribution in [0, 0.1) is 23.3 Å². The molecular formula is C26H21F4NO7. The van der Waals surface area contributed by atoms with Gasteiger partial charge in [0.1, 0.15) is 41.1 Å². The van der Waals surface area contributed by atoms with Crippen LogP contribution in [0.2, 0.25) is 0 Å². The molecule has 3 atom stereocenters. The zero-order chi connectivity index (χ0) is 28.6. The van der Waals surface area contributed by atoms with Gasteiger partial charge in [0.2, 0.25) is 0 Å². The van der Waals surface area contributed by atoms with Crippen molar-refractivity contribution >= 4 is 23.7 Å². The van der Waals surface area contributed by atoms with Crippen LogP contribution in [-0.2, 0) is 25.6 Å². The third kappa shape index (κ3) is 7.23. The molecule has 0 saturated heterocycles. The summed E-state index contributed by atoms with van der Waals surface area (Å²) in [5.41, 5.74) is 3.87. The highest BCUT2D eigenvalue weighted by atomic mass is 19.1. The topological polar surface area (TPSA) is 155 Å². The Balaban J connectivity index is 0.000000352. The minimum absolute atomic E-state index is 0.385. The summed E-state index contributed by atoms with van der Waals surface area (Å²) in [6.45, 7) is 0. The largest absolute Gasteiger partial charge is 0.480 e. The minimum atomic E-state index is -2.61. The Labute approximate surface area is 213 Å². The van der Waals surface area contributed by atoms with Gasteiger partial charge in [0.05, 0.1) is 0 Å². The van der Waals surface area contributed by atoms with E-state index < -0.39 is 76.0 Å². The van der Waals surface area contributed by atoms with Gasteiger partial charge in [-0.25, -0.2) is 17.6 Å². The fraction of sp³-hybridized carbons (Fsp3) is 0.154. The molecule has 38 heavy (non-hydrogen) atoms. The Morgan fingerprint density at radius 2 is 0.974 bits per heavy atom. The lowest BCUT2D eigenvalue weighted by atomic mass is 9.83. The van der Waals surface area contributed by atoms with Crippen LogP contribution in [0.4, 0.5) is 17.6 Å². The zero-order valence-electron chi connectivity index (χ0n) is 19.4. The molecule has 0 amide bonds. The van der Waals surface area contributed by atoms with Crippen molar-refractivity contribution in [2.75, 3.05) is 0 Å². The summed E-state index contributed by atoms with van der Waals surface area (Å²) in [4.78, 5) is 45.8. The Bertz CT molecular complexity index is 1220. The Hall–Kier alpha value is -4.58. The van der Waals surface area contributed by atoms with Crippen molar-refractivity contribution < 1.29 is 52.1 Å². The molecule has 0 aliphatic rings. The molecule has 0 radical (unpaired) electrons. The van der Waals surface area contributed by atoms with Crippen molar-refractivity contribution in [3.63, 3.8) is 0 Å². The number of carbonyl (C=O) groups excluding carboxylic acids is 1. The number of hydrogen-bond donors (Lipinski definition) is 4. The fourth-order valence-corrected chi connectivity index (χ4v) is 3.47. The van der Waals surface area contributed by atoms with Gasteiger partial charge in [-0.1, -0.05) is 42.5 Å². The summed E-state index contributed by atoms with van der Waals surface area (Å²) >= 11 is 0. The number of nitrogens with two attached hydrogens (primary N) is 1. The van der Waals surface area contributed by atoms with E-state index in [0.717, 1.165) is 17.7 Å². The van der Waals surface area contributed by atoms with Gasteiger partial charge in [-0.05, 0) is 36.2 Å². The maximum atomic E-state index is 13.9. The number of benzene rings is 3. The molecule has 8 nitrogen and oxygen atoms in total. The molecule has 3 aromatic carbocycles. The van der Waals surface area contributed by atoms with E-state index in [1.165, 1.54) is 0 Å². The normalized spacial score (nSPS) is 12.9. The van der Waals surface area contributed by atoms with E-state index in [4.69, 9.17) is 10.8 Å².